The predicted molar refractivity (Wildman–Crippen MR) is 176 cm³/mol. The van der Waals surface area contributed by atoms with Crippen LogP contribution in [-0.4, -0.2) is 27.6 Å². The summed E-state index contributed by atoms with van der Waals surface area (Å²) in [5.74, 6) is 0.659. The first-order chi connectivity index (χ1) is 22.5. The number of hydrogen-bond acceptors (Lipinski definition) is 4. The molecule has 0 unspecified atom stereocenters. The third kappa shape index (κ3) is 5.85. The third-order valence-corrected chi connectivity index (χ3v) is 9.39. The number of benzene rings is 3. The second-order valence-corrected chi connectivity index (χ2v) is 16.4. The minimum atomic E-state index is -2.27. The average molecular weight is 765 g/mol. The molecule has 0 spiro atoms. The van der Waals surface area contributed by atoms with E-state index >= 15 is 0 Å². The Hall–Kier alpha value is -3.90. The van der Waals surface area contributed by atoms with Gasteiger partial charge in [-0.05, 0) is 29.9 Å². The smallest absolute Gasteiger partial charge is 0.120 e. The number of para-hydroxylation sites is 1. The van der Waals surface area contributed by atoms with E-state index in [4.69, 9.17) is 17.6 Å². The number of fused-ring (bicyclic) bond motifs is 4. The van der Waals surface area contributed by atoms with Gasteiger partial charge in [0, 0.05) is 53.2 Å². The summed E-state index contributed by atoms with van der Waals surface area (Å²) in [6.07, 6.45) is 3.65. The third-order valence-electron chi connectivity index (χ3n) is 7.36. The molecule has 0 N–H and O–H groups in total. The number of nitrogens with zero attached hydrogens (tertiary/aromatic N) is 4. The Morgan fingerprint density at radius 3 is 2.44 bits per heavy atom. The zero-order valence-electron chi connectivity index (χ0n) is 30.5. The first-order valence-electron chi connectivity index (χ1n) is 16.7. The van der Waals surface area contributed by atoms with Crippen molar-refractivity contribution in [3.63, 3.8) is 0 Å². The number of furan rings is 1. The van der Waals surface area contributed by atoms with E-state index < -0.39 is 21.8 Å². The molecule has 7 rings (SSSR count). The van der Waals surface area contributed by atoms with E-state index in [0.717, 1.165) is 33.4 Å². The molecule has 0 saturated heterocycles. The number of hydrogen-bond donors (Lipinski definition) is 0. The molecule has 4 aromatic heterocycles. The van der Waals surface area contributed by atoms with Crippen molar-refractivity contribution in [2.24, 2.45) is 7.05 Å². The second kappa shape index (κ2) is 12.0. The van der Waals surface area contributed by atoms with Gasteiger partial charge in [0.15, 0.2) is 0 Å². The molecule has 7 heteroatoms. The van der Waals surface area contributed by atoms with Gasteiger partial charge in [0.25, 0.3) is 0 Å². The SMILES string of the molecule is [2H]C([2H])([2H])c1c[c-]c(-c2ccc([Si](C)(C)C)cn2)cc1.[2H]C([2H])([2H])c1c[c-]c(-c2nc3ccnc(C)c3n2C)c2oc3ccccc3c12.[Ir]. The van der Waals surface area contributed by atoms with Crippen molar-refractivity contribution < 1.29 is 32.7 Å². The maximum atomic E-state index is 7.94. The van der Waals surface area contributed by atoms with Crippen LogP contribution in [-0.2, 0) is 27.2 Å². The van der Waals surface area contributed by atoms with Crippen LogP contribution >= 0.6 is 0 Å². The Bertz CT molecular complexity index is 2210. The summed E-state index contributed by atoms with van der Waals surface area (Å²) in [4.78, 5) is 13.6. The van der Waals surface area contributed by atoms with Crippen molar-refractivity contribution in [2.75, 3.05) is 0 Å². The van der Waals surface area contributed by atoms with Gasteiger partial charge in [-0.15, -0.1) is 53.1 Å². The molecule has 0 amide bonds. The van der Waals surface area contributed by atoms with E-state index in [0.29, 0.717) is 33.5 Å². The van der Waals surface area contributed by atoms with Gasteiger partial charge in [-0.2, -0.15) is 0 Å². The van der Waals surface area contributed by atoms with Crippen molar-refractivity contribution >= 4 is 46.2 Å². The van der Waals surface area contributed by atoms with Crippen molar-refractivity contribution in [1.82, 2.24) is 19.5 Å². The summed E-state index contributed by atoms with van der Waals surface area (Å²) in [5, 5.41) is 2.67. The predicted octanol–water partition coefficient (Wildman–Crippen LogP) is 8.35. The Kier molecular flexibility index (Phi) is 6.57. The van der Waals surface area contributed by atoms with E-state index in [1.165, 1.54) is 17.3 Å². The summed E-state index contributed by atoms with van der Waals surface area (Å²) in [5.41, 5.74) is 6.56. The van der Waals surface area contributed by atoms with Gasteiger partial charge in [-0.1, -0.05) is 74.6 Å². The summed E-state index contributed by atoms with van der Waals surface area (Å²) < 4.78 is 53.9. The summed E-state index contributed by atoms with van der Waals surface area (Å²) >= 11 is 0. The summed E-state index contributed by atoms with van der Waals surface area (Å²) in [6, 6.07) is 26.0. The zero-order chi connectivity index (χ0) is 34.6. The normalized spacial score (nSPS) is 14.1. The van der Waals surface area contributed by atoms with Gasteiger partial charge in [0.2, 0.25) is 0 Å². The van der Waals surface area contributed by atoms with Gasteiger partial charge in [0.05, 0.1) is 36.2 Å². The average Bonchev–Trinajstić information content (AvgIpc) is 3.58. The quantitative estimate of drug-likeness (QED) is 0.134. The molecule has 0 aliphatic heterocycles. The fourth-order valence-electron chi connectivity index (χ4n) is 5.09. The Morgan fingerprint density at radius 2 is 1.77 bits per heavy atom. The van der Waals surface area contributed by atoms with Crippen LogP contribution in [0.15, 0.2) is 83.5 Å². The number of rotatable bonds is 3. The second-order valence-electron chi connectivity index (χ2n) is 11.3. The van der Waals surface area contributed by atoms with Crippen LogP contribution in [0, 0.1) is 32.8 Å². The van der Waals surface area contributed by atoms with E-state index in [1.54, 1.807) is 18.3 Å². The topological polar surface area (TPSA) is 56.7 Å². The molecule has 7 aromatic rings. The van der Waals surface area contributed by atoms with Crippen molar-refractivity contribution in [2.45, 2.75) is 40.3 Å². The zero-order valence-corrected chi connectivity index (χ0v) is 27.9. The molecule has 5 nitrogen and oxygen atoms in total. The molecule has 43 heavy (non-hydrogen) atoms. The first-order valence-corrected chi connectivity index (χ1v) is 17.2. The molecule has 219 valence electrons. The molecule has 1 radical (unpaired) electrons. The molecule has 0 saturated carbocycles. The van der Waals surface area contributed by atoms with E-state index in [-0.39, 0.29) is 25.7 Å². The minimum absolute atomic E-state index is 0. The van der Waals surface area contributed by atoms with Gasteiger partial charge in [-0.3, -0.25) is 9.97 Å². The van der Waals surface area contributed by atoms with E-state index in [1.807, 2.05) is 61.1 Å². The van der Waals surface area contributed by atoms with Crippen molar-refractivity contribution in [3.8, 4) is 22.6 Å². The van der Waals surface area contributed by atoms with Crippen molar-refractivity contribution in [1.29, 1.82) is 0 Å². The van der Waals surface area contributed by atoms with E-state index in [9.17, 15) is 0 Å². The fraction of sp³-hybridized carbons (Fsp3) is 0.194. The van der Waals surface area contributed by atoms with Crippen LogP contribution in [0.5, 0.6) is 0 Å². The minimum Gasteiger partial charge on any atom is -0.501 e. The summed E-state index contributed by atoms with van der Waals surface area (Å²) in [6.45, 7) is 4.42. The van der Waals surface area contributed by atoms with Crippen molar-refractivity contribution in [3.05, 3.63) is 108 Å². The molecular weight excluding hydrogens is 725 g/mol. The largest absolute Gasteiger partial charge is 0.501 e. The molecule has 0 bridgehead atoms. The van der Waals surface area contributed by atoms with Crippen LogP contribution in [0.1, 0.15) is 25.0 Å². The molecule has 0 aliphatic rings. The molecule has 4 heterocycles. The van der Waals surface area contributed by atoms with Gasteiger partial charge in [0.1, 0.15) is 5.58 Å². The Labute approximate surface area is 275 Å². The molecular formula is C36H34IrN4OSi-2. The van der Waals surface area contributed by atoms with Gasteiger partial charge in [-0.25, -0.2) is 0 Å². The van der Waals surface area contributed by atoms with Gasteiger partial charge >= 0.3 is 0 Å². The Balaban J connectivity index is 0.000000199. The van der Waals surface area contributed by atoms with E-state index in [2.05, 4.69) is 47.8 Å². The van der Waals surface area contributed by atoms with Crippen LogP contribution in [0.25, 0.3) is 55.6 Å². The van der Waals surface area contributed by atoms with Crippen LogP contribution < -0.4 is 5.19 Å². The molecule has 0 fully saturated rings. The van der Waals surface area contributed by atoms with Crippen LogP contribution in [0.2, 0.25) is 19.6 Å². The number of imidazole rings is 1. The maximum Gasteiger partial charge on any atom is 0.120 e. The number of aromatic nitrogens is 4. The van der Waals surface area contributed by atoms with Crippen LogP contribution in [0.4, 0.5) is 0 Å². The molecule has 3 aromatic carbocycles. The monoisotopic (exact) mass is 765 g/mol. The fourth-order valence-corrected chi connectivity index (χ4v) is 6.12. The van der Waals surface area contributed by atoms with Gasteiger partial charge < -0.3 is 14.0 Å². The Morgan fingerprint density at radius 1 is 0.930 bits per heavy atom. The number of aryl methyl sites for hydroxylation is 4. The van der Waals surface area contributed by atoms with Crippen LogP contribution in [0.3, 0.4) is 0 Å². The molecule has 0 atom stereocenters. The standard InChI is InChI=1S/C21H16N3O.C15H18NSi.Ir/c1-12-8-9-15(20-18(12)14-6-4-5-7-17(14)25-20)21-23-16-10-11-22-13(2)19(16)24(21)3;1-12-5-7-13(8-6-12)15-10-9-14(11-16-15)17(2,3)4;/h4-8,10-11H,1-3H3;5-7,9-11H,1-4H3;/q2*-1;/i2*1D3;. The first kappa shape index (κ1) is 23.5. The maximum absolute atomic E-state index is 7.94. The molecule has 0 aliphatic carbocycles. The summed E-state index contributed by atoms with van der Waals surface area (Å²) in [7, 11) is 0.578. The number of pyridine rings is 2.